The number of hydrogen-bond donors (Lipinski definition) is 1. The van der Waals surface area contributed by atoms with Gasteiger partial charge < -0.3 is 14.6 Å². The highest BCUT2D eigenvalue weighted by atomic mass is 16.6. The van der Waals surface area contributed by atoms with Gasteiger partial charge in [0.1, 0.15) is 12.2 Å². The Hall–Kier alpha value is -1.62. The molecule has 0 bridgehead atoms. The first-order valence-electron chi connectivity index (χ1n) is 11.6. The summed E-state index contributed by atoms with van der Waals surface area (Å²) in [6.45, 7) is 10.3. The van der Waals surface area contributed by atoms with E-state index in [1.54, 1.807) is 0 Å². The molecule has 0 amide bonds. The lowest BCUT2D eigenvalue weighted by Crippen LogP contribution is -2.43. The summed E-state index contributed by atoms with van der Waals surface area (Å²) in [5.41, 5.74) is 0.785. The lowest BCUT2D eigenvalue weighted by Gasteiger charge is -2.44. The largest absolute Gasteiger partial charge is 0.462 e. The average Bonchev–Trinajstić information content (AvgIpc) is 2.66. The highest BCUT2D eigenvalue weighted by Crippen LogP contribution is 2.45. The number of allylic oxidation sites excluding steroid dienone is 3. The number of cyclic esters (lactones) is 1. The van der Waals surface area contributed by atoms with E-state index in [0.717, 1.165) is 25.7 Å². The van der Waals surface area contributed by atoms with Gasteiger partial charge in [0.2, 0.25) is 0 Å². The maximum atomic E-state index is 12.9. The Bertz CT molecular complexity index is 706. The minimum Gasteiger partial charge on any atom is -0.462 e. The van der Waals surface area contributed by atoms with Gasteiger partial charge in [-0.15, -0.1) is 0 Å². The van der Waals surface area contributed by atoms with Crippen LogP contribution in [-0.4, -0.2) is 35.4 Å². The standard InChI is InChI=1S/C25H38O5/c1-6-25(4,5)24(28)30-21-12-15(2)11-17-8-7-16(3)20(23(17)21)10-9-19-13-18(26)14-22(27)29-19/h7-8,11,15-16,18-21,23,26H,6,9-10,12-14H2,1-5H3/t15?,16?,18-,19-,20?,21?,23+/m1/s1. The monoisotopic (exact) mass is 418 g/mol. The number of rotatable bonds is 6. The van der Waals surface area contributed by atoms with Crippen molar-refractivity contribution in [3.8, 4) is 0 Å². The van der Waals surface area contributed by atoms with Crippen LogP contribution < -0.4 is 0 Å². The van der Waals surface area contributed by atoms with Gasteiger partial charge in [0.05, 0.1) is 17.9 Å². The number of ether oxygens (including phenoxy) is 2. The van der Waals surface area contributed by atoms with Crippen molar-refractivity contribution in [2.24, 2.45) is 29.1 Å². The van der Waals surface area contributed by atoms with E-state index in [0.29, 0.717) is 24.2 Å². The highest BCUT2D eigenvalue weighted by Gasteiger charge is 2.43. The second kappa shape index (κ2) is 9.25. The molecule has 1 N–H and O–H groups in total. The fourth-order valence-corrected chi connectivity index (χ4v) is 5.08. The molecule has 0 radical (unpaired) electrons. The zero-order valence-electron chi connectivity index (χ0n) is 19.1. The quantitative estimate of drug-likeness (QED) is 0.639. The van der Waals surface area contributed by atoms with Gasteiger partial charge in [-0.05, 0) is 62.9 Å². The topological polar surface area (TPSA) is 72.8 Å². The summed E-state index contributed by atoms with van der Waals surface area (Å²) in [5.74, 6) is 0.776. The highest BCUT2D eigenvalue weighted by molar-refractivity contribution is 5.76. The van der Waals surface area contributed by atoms with E-state index in [2.05, 4.69) is 32.1 Å². The number of esters is 2. The molecule has 3 aliphatic rings. The molecule has 4 unspecified atom stereocenters. The van der Waals surface area contributed by atoms with Crippen LogP contribution in [0.15, 0.2) is 23.8 Å². The zero-order chi connectivity index (χ0) is 22.1. The van der Waals surface area contributed by atoms with Crippen molar-refractivity contribution < 1.29 is 24.2 Å². The van der Waals surface area contributed by atoms with Crippen LogP contribution in [0.3, 0.4) is 0 Å². The van der Waals surface area contributed by atoms with Crippen LogP contribution in [0.2, 0.25) is 0 Å². The number of fused-ring (bicyclic) bond motifs is 1. The van der Waals surface area contributed by atoms with E-state index >= 15 is 0 Å². The fraction of sp³-hybridized carbons (Fsp3) is 0.760. The Morgan fingerprint density at radius 2 is 2.00 bits per heavy atom. The molecule has 1 fully saturated rings. The number of aliphatic hydroxyl groups is 1. The maximum Gasteiger partial charge on any atom is 0.311 e. The molecular formula is C25H38O5. The van der Waals surface area contributed by atoms with Crippen LogP contribution >= 0.6 is 0 Å². The van der Waals surface area contributed by atoms with Crippen LogP contribution in [0.25, 0.3) is 0 Å². The Kier molecular flexibility index (Phi) is 7.11. The first-order valence-corrected chi connectivity index (χ1v) is 11.6. The molecule has 2 aliphatic carbocycles. The summed E-state index contributed by atoms with van der Waals surface area (Å²) < 4.78 is 11.6. The molecular weight excluding hydrogens is 380 g/mol. The zero-order valence-corrected chi connectivity index (χ0v) is 19.1. The first-order chi connectivity index (χ1) is 14.1. The molecule has 1 aliphatic heterocycles. The van der Waals surface area contributed by atoms with Crippen molar-refractivity contribution in [2.75, 3.05) is 0 Å². The van der Waals surface area contributed by atoms with Gasteiger partial charge in [-0.2, -0.15) is 0 Å². The third kappa shape index (κ3) is 5.16. The number of carbonyl (C=O) groups excluding carboxylic acids is 2. The predicted molar refractivity (Wildman–Crippen MR) is 115 cm³/mol. The Morgan fingerprint density at radius 3 is 2.67 bits per heavy atom. The van der Waals surface area contributed by atoms with Crippen molar-refractivity contribution in [3.05, 3.63) is 23.8 Å². The van der Waals surface area contributed by atoms with E-state index in [9.17, 15) is 14.7 Å². The van der Waals surface area contributed by atoms with Crippen molar-refractivity contribution in [2.45, 2.75) is 91.5 Å². The molecule has 0 aromatic rings. The summed E-state index contributed by atoms with van der Waals surface area (Å²) in [7, 11) is 0. The molecule has 1 heterocycles. The second-order valence-corrected chi connectivity index (χ2v) is 10.3. The van der Waals surface area contributed by atoms with Gasteiger partial charge in [-0.3, -0.25) is 9.59 Å². The first kappa shape index (κ1) is 23.1. The molecule has 0 spiro atoms. The average molecular weight is 419 g/mol. The summed E-state index contributed by atoms with van der Waals surface area (Å²) in [4.78, 5) is 24.6. The van der Waals surface area contributed by atoms with Crippen molar-refractivity contribution in [1.29, 1.82) is 0 Å². The Labute approximate surface area is 180 Å². The van der Waals surface area contributed by atoms with E-state index < -0.39 is 11.5 Å². The molecule has 5 nitrogen and oxygen atoms in total. The molecule has 7 atom stereocenters. The third-order valence-electron chi connectivity index (χ3n) is 7.35. The van der Waals surface area contributed by atoms with Crippen LogP contribution in [0, 0.1) is 29.1 Å². The fourth-order valence-electron chi connectivity index (χ4n) is 5.08. The molecule has 1 saturated heterocycles. The number of carbonyl (C=O) groups is 2. The SMILES string of the molecule is CCC(C)(C)C(=O)OC1CC(C)C=C2C=CC(C)C(CC[C@@H]3C[C@@H](O)CC(=O)O3)[C@H]21. The smallest absolute Gasteiger partial charge is 0.311 e. The van der Waals surface area contributed by atoms with E-state index in [-0.39, 0.29) is 36.5 Å². The molecule has 3 rings (SSSR count). The third-order valence-corrected chi connectivity index (χ3v) is 7.35. The van der Waals surface area contributed by atoms with Gasteiger partial charge in [0.25, 0.3) is 0 Å². The van der Waals surface area contributed by atoms with Gasteiger partial charge in [0, 0.05) is 12.3 Å². The lowest BCUT2D eigenvalue weighted by atomic mass is 9.65. The molecule has 5 heteroatoms. The van der Waals surface area contributed by atoms with Gasteiger partial charge in [0.15, 0.2) is 0 Å². The van der Waals surface area contributed by atoms with Crippen molar-refractivity contribution in [1.82, 2.24) is 0 Å². The second-order valence-electron chi connectivity index (χ2n) is 10.3. The van der Waals surface area contributed by atoms with E-state index in [4.69, 9.17) is 9.47 Å². The summed E-state index contributed by atoms with van der Waals surface area (Å²) in [6, 6.07) is 0. The van der Waals surface area contributed by atoms with Gasteiger partial charge in [-0.25, -0.2) is 0 Å². The summed E-state index contributed by atoms with van der Waals surface area (Å²) in [6.07, 6.45) is 9.61. The van der Waals surface area contributed by atoms with Gasteiger partial charge >= 0.3 is 11.9 Å². The maximum absolute atomic E-state index is 12.9. The minimum absolute atomic E-state index is 0.0949. The van der Waals surface area contributed by atoms with Crippen LogP contribution in [0.5, 0.6) is 0 Å². The van der Waals surface area contributed by atoms with Gasteiger partial charge in [-0.1, -0.05) is 39.0 Å². The molecule has 168 valence electrons. The normalized spacial score (nSPS) is 36.5. The number of hydrogen-bond acceptors (Lipinski definition) is 5. The van der Waals surface area contributed by atoms with Crippen LogP contribution in [0.1, 0.15) is 73.1 Å². The molecule has 0 aromatic carbocycles. The van der Waals surface area contributed by atoms with E-state index in [1.807, 2.05) is 20.8 Å². The predicted octanol–water partition coefficient (Wildman–Crippen LogP) is 4.59. The molecule has 0 saturated carbocycles. The van der Waals surface area contributed by atoms with Crippen molar-refractivity contribution in [3.63, 3.8) is 0 Å². The Balaban J connectivity index is 1.76. The lowest BCUT2D eigenvalue weighted by molar-refractivity contribution is -0.166. The van der Waals surface area contributed by atoms with Crippen molar-refractivity contribution >= 4 is 11.9 Å². The minimum atomic E-state index is -0.601. The molecule has 0 aromatic heterocycles. The number of aliphatic hydroxyl groups excluding tert-OH is 1. The van der Waals surface area contributed by atoms with Crippen LogP contribution in [0.4, 0.5) is 0 Å². The molecule has 30 heavy (non-hydrogen) atoms. The summed E-state index contributed by atoms with van der Waals surface area (Å²) >= 11 is 0. The summed E-state index contributed by atoms with van der Waals surface area (Å²) in [5, 5.41) is 9.92. The Morgan fingerprint density at radius 1 is 1.27 bits per heavy atom. The van der Waals surface area contributed by atoms with E-state index in [1.165, 1.54) is 5.57 Å². The van der Waals surface area contributed by atoms with Crippen LogP contribution in [-0.2, 0) is 19.1 Å².